The van der Waals surface area contributed by atoms with Crippen LogP contribution in [-0.2, 0) is 9.53 Å². The van der Waals surface area contributed by atoms with E-state index >= 15 is 0 Å². The molecule has 0 saturated carbocycles. The zero-order valence-electron chi connectivity index (χ0n) is 9.85. The van der Waals surface area contributed by atoms with Crippen molar-refractivity contribution in [2.24, 2.45) is 5.73 Å². The Morgan fingerprint density at radius 1 is 1.53 bits per heavy atom. The van der Waals surface area contributed by atoms with E-state index in [1.165, 1.54) is 0 Å². The molecule has 1 aliphatic rings. The minimum Gasteiger partial charge on any atom is -0.397 e. The Labute approximate surface area is 100 Å². The summed E-state index contributed by atoms with van der Waals surface area (Å²) in [5, 5.41) is 0. The maximum absolute atomic E-state index is 11.4. The van der Waals surface area contributed by atoms with Gasteiger partial charge in [-0.25, -0.2) is 0 Å². The largest absolute Gasteiger partial charge is 0.397 e. The number of rotatable bonds is 2. The number of carbonyl (C=O) groups is 1. The average molecular weight is 235 g/mol. The molecule has 1 saturated heterocycles. The first-order valence-corrected chi connectivity index (χ1v) is 5.60. The molecule has 5 nitrogen and oxygen atoms in total. The van der Waals surface area contributed by atoms with Crippen LogP contribution in [0.5, 0.6) is 0 Å². The quantitative estimate of drug-likeness (QED) is 0.721. The average Bonchev–Trinajstić information content (AvgIpc) is 2.33. The SMILES string of the molecule is Cc1cccc(N2CCOCC2C(N)=O)c1N. The summed E-state index contributed by atoms with van der Waals surface area (Å²) in [5.41, 5.74) is 14.0. The standard InChI is InChI=1S/C12H17N3O2/c1-8-3-2-4-9(11(8)13)15-5-6-17-7-10(15)12(14)16/h2-4,10H,5-7,13H2,1H3,(H2,14,16). The van der Waals surface area contributed by atoms with Crippen LogP contribution in [0.15, 0.2) is 18.2 Å². The third kappa shape index (κ3) is 2.19. The summed E-state index contributed by atoms with van der Waals surface area (Å²) in [7, 11) is 0. The zero-order valence-corrected chi connectivity index (χ0v) is 9.85. The van der Waals surface area contributed by atoms with E-state index in [-0.39, 0.29) is 5.91 Å². The van der Waals surface area contributed by atoms with Crippen molar-refractivity contribution < 1.29 is 9.53 Å². The van der Waals surface area contributed by atoms with Gasteiger partial charge in [-0.2, -0.15) is 0 Å². The van der Waals surface area contributed by atoms with E-state index in [0.717, 1.165) is 11.3 Å². The number of anilines is 2. The molecule has 17 heavy (non-hydrogen) atoms. The lowest BCUT2D eigenvalue weighted by molar-refractivity contribution is -0.121. The predicted molar refractivity (Wildman–Crippen MR) is 66.7 cm³/mol. The van der Waals surface area contributed by atoms with Gasteiger partial charge in [0.15, 0.2) is 0 Å². The fourth-order valence-electron chi connectivity index (χ4n) is 2.04. The number of para-hydroxylation sites is 1. The van der Waals surface area contributed by atoms with Crippen LogP contribution in [0.3, 0.4) is 0 Å². The molecule has 0 aliphatic carbocycles. The number of amides is 1. The first-order chi connectivity index (χ1) is 8.11. The highest BCUT2D eigenvalue weighted by Gasteiger charge is 2.29. The second-order valence-electron chi connectivity index (χ2n) is 4.19. The summed E-state index contributed by atoms with van der Waals surface area (Å²) in [6.07, 6.45) is 0. The lowest BCUT2D eigenvalue weighted by atomic mass is 10.1. The van der Waals surface area contributed by atoms with Crippen molar-refractivity contribution in [1.82, 2.24) is 0 Å². The van der Waals surface area contributed by atoms with E-state index in [9.17, 15) is 4.79 Å². The van der Waals surface area contributed by atoms with E-state index in [1.807, 2.05) is 30.0 Å². The lowest BCUT2D eigenvalue weighted by Crippen LogP contribution is -2.52. The monoisotopic (exact) mass is 235 g/mol. The van der Waals surface area contributed by atoms with Crippen molar-refractivity contribution in [3.8, 4) is 0 Å². The molecule has 4 N–H and O–H groups in total. The third-order valence-electron chi connectivity index (χ3n) is 3.07. The number of morpholine rings is 1. The van der Waals surface area contributed by atoms with E-state index in [1.54, 1.807) is 0 Å². The van der Waals surface area contributed by atoms with Gasteiger partial charge in [0.1, 0.15) is 6.04 Å². The molecule has 1 aromatic rings. The number of nitrogens with zero attached hydrogens (tertiary/aromatic N) is 1. The van der Waals surface area contributed by atoms with Gasteiger partial charge in [-0.05, 0) is 18.6 Å². The number of nitrogens with two attached hydrogens (primary N) is 2. The molecule has 0 spiro atoms. The highest BCUT2D eigenvalue weighted by atomic mass is 16.5. The highest BCUT2D eigenvalue weighted by Crippen LogP contribution is 2.28. The van der Waals surface area contributed by atoms with Crippen LogP contribution in [-0.4, -0.2) is 31.7 Å². The maximum atomic E-state index is 11.4. The molecule has 1 amide bonds. The van der Waals surface area contributed by atoms with Gasteiger partial charge in [-0.3, -0.25) is 4.79 Å². The van der Waals surface area contributed by atoms with Crippen LogP contribution in [0.1, 0.15) is 5.56 Å². The first-order valence-electron chi connectivity index (χ1n) is 5.60. The summed E-state index contributed by atoms with van der Waals surface area (Å²) in [6.45, 7) is 3.47. The second-order valence-corrected chi connectivity index (χ2v) is 4.19. The zero-order chi connectivity index (χ0) is 12.4. The summed E-state index contributed by atoms with van der Waals surface area (Å²) < 4.78 is 5.28. The van der Waals surface area contributed by atoms with Gasteiger partial charge in [0, 0.05) is 6.54 Å². The number of ether oxygens (including phenoxy) is 1. The number of hydrogen-bond acceptors (Lipinski definition) is 4. The van der Waals surface area contributed by atoms with Crippen LogP contribution in [0.4, 0.5) is 11.4 Å². The van der Waals surface area contributed by atoms with Crippen LogP contribution < -0.4 is 16.4 Å². The van der Waals surface area contributed by atoms with Crippen LogP contribution in [0, 0.1) is 6.92 Å². The molecular weight excluding hydrogens is 218 g/mol. The van der Waals surface area contributed by atoms with Crippen molar-refractivity contribution in [3.05, 3.63) is 23.8 Å². The molecule has 1 heterocycles. The Morgan fingerprint density at radius 2 is 2.29 bits per heavy atom. The second kappa shape index (κ2) is 4.63. The Morgan fingerprint density at radius 3 is 3.00 bits per heavy atom. The minimum atomic E-state index is -0.437. The molecule has 1 aromatic carbocycles. The van der Waals surface area contributed by atoms with Crippen molar-refractivity contribution in [3.63, 3.8) is 0 Å². The summed E-state index contributed by atoms with van der Waals surface area (Å²) >= 11 is 0. The molecule has 92 valence electrons. The number of aryl methyl sites for hydroxylation is 1. The van der Waals surface area contributed by atoms with Crippen molar-refractivity contribution in [1.29, 1.82) is 0 Å². The minimum absolute atomic E-state index is 0.322. The smallest absolute Gasteiger partial charge is 0.242 e. The molecule has 0 bridgehead atoms. The molecular formula is C12H17N3O2. The highest BCUT2D eigenvalue weighted by molar-refractivity contribution is 5.86. The van der Waals surface area contributed by atoms with Gasteiger partial charge < -0.3 is 21.1 Å². The van der Waals surface area contributed by atoms with E-state index in [2.05, 4.69) is 0 Å². The van der Waals surface area contributed by atoms with Gasteiger partial charge in [0.05, 0.1) is 24.6 Å². The van der Waals surface area contributed by atoms with Crippen molar-refractivity contribution in [2.75, 3.05) is 30.4 Å². The fourth-order valence-corrected chi connectivity index (χ4v) is 2.04. The summed E-state index contributed by atoms with van der Waals surface area (Å²) in [5.74, 6) is -0.384. The Bertz CT molecular complexity index is 434. The third-order valence-corrected chi connectivity index (χ3v) is 3.07. The fraction of sp³-hybridized carbons (Fsp3) is 0.417. The predicted octanol–water partition coefficient (Wildman–Crippen LogP) is 0.268. The topological polar surface area (TPSA) is 81.6 Å². The molecule has 0 aromatic heterocycles. The van der Waals surface area contributed by atoms with Gasteiger partial charge in [-0.15, -0.1) is 0 Å². The van der Waals surface area contributed by atoms with Gasteiger partial charge >= 0.3 is 0 Å². The molecule has 1 fully saturated rings. The molecule has 5 heteroatoms. The number of hydrogen-bond donors (Lipinski definition) is 2. The molecule has 1 aliphatic heterocycles. The molecule has 0 radical (unpaired) electrons. The van der Waals surface area contributed by atoms with E-state index in [0.29, 0.717) is 25.4 Å². The molecule has 2 rings (SSSR count). The van der Waals surface area contributed by atoms with Crippen molar-refractivity contribution >= 4 is 17.3 Å². The van der Waals surface area contributed by atoms with Gasteiger partial charge in [0.2, 0.25) is 5.91 Å². The Hall–Kier alpha value is -1.75. The van der Waals surface area contributed by atoms with Crippen molar-refractivity contribution in [2.45, 2.75) is 13.0 Å². The van der Waals surface area contributed by atoms with E-state index in [4.69, 9.17) is 16.2 Å². The van der Waals surface area contributed by atoms with Gasteiger partial charge in [0.25, 0.3) is 0 Å². The molecule has 1 unspecified atom stereocenters. The number of primary amides is 1. The maximum Gasteiger partial charge on any atom is 0.242 e. The Balaban J connectivity index is 2.36. The number of benzene rings is 1. The van der Waals surface area contributed by atoms with Crippen LogP contribution >= 0.6 is 0 Å². The normalized spacial score (nSPS) is 20.3. The number of nitrogen functional groups attached to an aromatic ring is 1. The Kier molecular flexibility index (Phi) is 3.19. The molecule has 1 atom stereocenters. The number of carbonyl (C=O) groups excluding carboxylic acids is 1. The summed E-state index contributed by atoms with van der Waals surface area (Å²) in [6, 6.07) is 5.34. The van der Waals surface area contributed by atoms with E-state index < -0.39 is 6.04 Å². The van der Waals surface area contributed by atoms with Crippen LogP contribution in [0.2, 0.25) is 0 Å². The summed E-state index contributed by atoms with van der Waals surface area (Å²) in [4.78, 5) is 13.3. The lowest BCUT2D eigenvalue weighted by Gasteiger charge is -2.36. The van der Waals surface area contributed by atoms with Crippen LogP contribution in [0.25, 0.3) is 0 Å². The first kappa shape index (κ1) is 11.7. The van der Waals surface area contributed by atoms with Gasteiger partial charge in [-0.1, -0.05) is 12.1 Å².